The molecule has 1 aromatic rings. The molecule has 0 saturated carbocycles. The topological polar surface area (TPSA) is 26.3 Å². The average Bonchev–Trinajstić information content (AvgIpc) is 2.26. The van der Waals surface area contributed by atoms with Gasteiger partial charge in [0.1, 0.15) is 5.75 Å². The highest BCUT2D eigenvalue weighted by Gasteiger charge is 2.02. The Hall–Kier alpha value is -1.31. The zero-order valence-electron chi connectivity index (χ0n) is 9.62. The van der Waals surface area contributed by atoms with Crippen LogP contribution in [0.1, 0.15) is 37.6 Å². The van der Waals surface area contributed by atoms with Gasteiger partial charge in [0.2, 0.25) is 0 Å². The average molecular weight is 206 g/mol. The highest BCUT2D eigenvalue weighted by Crippen LogP contribution is 2.14. The lowest BCUT2D eigenvalue weighted by molar-refractivity contribution is 0.101. The standard InChI is InChI=1S/C13H18O2/c1-4-10(2)9-15-13-7-5-12(6-8-13)11(3)14/h5-8,10H,4,9H2,1-3H3. The summed E-state index contributed by atoms with van der Waals surface area (Å²) in [5.74, 6) is 1.49. The fraction of sp³-hybridized carbons (Fsp3) is 0.462. The van der Waals surface area contributed by atoms with Crippen molar-refractivity contribution in [2.24, 2.45) is 5.92 Å². The van der Waals surface area contributed by atoms with E-state index in [0.29, 0.717) is 5.92 Å². The molecule has 0 aliphatic heterocycles. The molecule has 1 atom stereocenters. The van der Waals surface area contributed by atoms with Gasteiger partial charge in [-0.2, -0.15) is 0 Å². The first-order valence-electron chi connectivity index (χ1n) is 5.37. The zero-order valence-corrected chi connectivity index (χ0v) is 9.62. The second-order valence-electron chi connectivity index (χ2n) is 3.90. The Labute approximate surface area is 91.3 Å². The molecular formula is C13H18O2. The third kappa shape index (κ3) is 3.74. The van der Waals surface area contributed by atoms with Gasteiger partial charge in [-0.3, -0.25) is 4.79 Å². The van der Waals surface area contributed by atoms with Crippen molar-refractivity contribution in [2.75, 3.05) is 6.61 Å². The minimum Gasteiger partial charge on any atom is -0.493 e. The molecule has 0 bridgehead atoms. The van der Waals surface area contributed by atoms with Crippen LogP contribution >= 0.6 is 0 Å². The van der Waals surface area contributed by atoms with E-state index >= 15 is 0 Å². The molecule has 0 radical (unpaired) electrons. The van der Waals surface area contributed by atoms with E-state index in [1.807, 2.05) is 12.1 Å². The molecule has 0 aliphatic rings. The van der Waals surface area contributed by atoms with Gasteiger partial charge >= 0.3 is 0 Å². The quantitative estimate of drug-likeness (QED) is 0.691. The Kier molecular flexibility index (Phi) is 4.35. The van der Waals surface area contributed by atoms with Gasteiger partial charge in [0, 0.05) is 5.56 Å². The van der Waals surface area contributed by atoms with Crippen LogP contribution in [0.25, 0.3) is 0 Å². The Morgan fingerprint density at radius 3 is 2.40 bits per heavy atom. The number of hydrogen-bond acceptors (Lipinski definition) is 2. The number of rotatable bonds is 5. The van der Waals surface area contributed by atoms with Crippen molar-refractivity contribution in [1.29, 1.82) is 0 Å². The molecule has 1 rings (SSSR count). The van der Waals surface area contributed by atoms with Crippen LogP contribution in [0.15, 0.2) is 24.3 Å². The first-order chi connectivity index (χ1) is 7.13. The lowest BCUT2D eigenvalue weighted by atomic mass is 10.1. The van der Waals surface area contributed by atoms with Gasteiger partial charge in [-0.15, -0.1) is 0 Å². The van der Waals surface area contributed by atoms with E-state index in [9.17, 15) is 4.79 Å². The summed E-state index contributed by atoms with van der Waals surface area (Å²) in [6.07, 6.45) is 1.12. The van der Waals surface area contributed by atoms with Crippen molar-refractivity contribution in [2.45, 2.75) is 27.2 Å². The zero-order chi connectivity index (χ0) is 11.3. The van der Waals surface area contributed by atoms with Crippen molar-refractivity contribution >= 4 is 5.78 Å². The molecule has 2 nitrogen and oxygen atoms in total. The van der Waals surface area contributed by atoms with Crippen molar-refractivity contribution in [3.8, 4) is 5.75 Å². The van der Waals surface area contributed by atoms with Crippen LogP contribution in [0, 0.1) is 5.92 Å². The van der Waals surface area contributed by atoms with Crippen LogP contribution in [0.5, 0.6) is 5.75 Å². The van der Waals surface area contributed by atoms with Crippen molar-refractivity contribution in [3.63, 3.8) is 0 Å². The summed E-state index contributed by atoms with van der Waals surface area (Å²) in [7, 11) is 0. The summed E-state index contributed by atoms with van der Waals surface area (Å²) in [6.45, 7) is 6.60. The van der Waals surface area contributed by atoms with Crippen LogP contribution in [0.3, 0.4) is 0 Å². The predicted molar refractivity (Wildman–Crippen MR) is 61.4 cm³/mol. The van der Waals surface area contributed by atoms with Crippen LogP contribution in [0.4, 0.5) is 0 Å². The summed E-state index contributed by atoms with van der Waals surface area (Å²) >= 11 is 0. The maximum atomic E-state index is 11.0. The van der Waals surface area contributed by atoms with Gasteiger partial charge < -0.3 is 4.74 Å². The first-order valence-corrected chi connectivity index (χ1v) is 5.37. The fourth-order valence-corrected chi connectivity index (χ4v) is 1.14. The van der Waals surface area contributed by atoms with Gasteiger partial charge in [0.25, 0.3) is 0 Å². The van der Waals surface area contributed by atoms with E-state index in [1.165, 1.54) is 0 Å². The van der Waals surface area contributed by atoms with Crippen molar-refractivity contribution in [1.82, 2.24) is 0 Å². The van der Waals surface area contributed by atoms with Crippen molar-refractivity contribution in [3.05, 3.63) is 29.8 Å². The summed E-state index contributed by atoms with van der Waals surface area (Å²) in [4.78, 5) is 11.0. The summed E-state index contributed by atoms with van der Waals surface area (Å²) in [5.41, 5.74) is 0.728. The van der Waals surface area contributed by atoms with Gasteiger partial charge in [0.15, 0.2) is 5.78 Å². The van der Waals surface area contributed by atoms with E-state index in [0.717, 1.165) is 24.3 Å². The predicted octanol–water partition coefficient (Wildman–Crippen LogP) is 3.31. The number of ether oxygens (including phenoxy) is 1. The molecule has 82 valence electrons. The Morgan fingerprint density at radius 2 is 1.93 bits per heavy atom. The lowest BCUT2D eigenvalue weighted by Crippen LogP contribution is -2.07. The van der Waals surface area contributed by atoms with Crippen LogP contribution < -0.4 is 4.74 Å². The summed E-state index contributed by atoms with van der Waals surface area (Å²) in [5, 5.41) is 0. The SMILES string of the molecule is CCC(C)COc1ccc(C(C)=O)cc1. The van der Waals surface area contributed by atoms with E-state index in [1.54, 1.807) is 19.1 Å². The summed E-state index contributed by atoms with van der Waals surface area (Å²) < 4.78 is 5.58. The fourth-order valence-electron chi connectivity index (χ4n) is 1.14. The molecule has 2 heteroatoms. The van der Waals surface area contributed by atoms with Crippen LogP contribution in [-0.4, -0.2) is 12.4 Å². The minimum absolute atomic E-state index is 0.0866. The molecule has 0 saturated heterocycles. The van der Waals surface area contributed by atoms with Crippen molar-refractivity contribution < 1.29 is 9.53 Å². The highest BCUT2D eigenvalue weighted by molar-refractivity contribution is 5.94. The molecule has 0 aromatic heterocycles. The molecule has 0 N–H and O–H groups in total. The second-order valence-corrected chi connectivity index (χ2v) is 3.90. The van der Waals surface area contributed by atoms with E-state index in [-0.39, 0.29) is 5.78 Å². The van der Waals surface area contributed by atoms with Crippen LogP contribution in [-0.2, 0) is 0 Å². The van der Waals surface area contributed by atoms with E-state index < -0.39 is 0 Å². The molecule has 0 aliphatic carbocycles. The summed E-state index contributed by atoms with van der Waals surface area (Å²) in [6, 6.07) is 7.29. The maximum absolute atomic E-state index is 11.0. The number of carbonyl (C=O) groups excluding carboxylic acids is 1. The molecule has 0 amide bonds. The Morgan fingerprint density at radius 1 is 1.33 bits per heavy atom. The number of hydrogen-bond donors (Lipinski definition) is 0. The molecular weight excluding hydrogens is 188 g/mol. The van der Waals surface area contributed by atoms with Gasteiger partial charge in [-0.1, -0.05) is 20.3 Å². The largest absolute Gasteiger partial charge is 0.493 e. The van der Waals surface area contributed by atoms with Crippen LogP contribution in [0.2, 0.25) is 0 Å². The van der Waals surface area contributed by atoms with Gasteiger partial charge in [0.05, 0.1) is 6.61 Å². The molecule has 1 unspecified atom stereocenters. The molecule has 1 aromatic carbocycles. The lowest BCUT2D eigenvalue weighted by Gasteiger charge is -2.10. The number of benzene rings is 1. The molecule has 0 heterocycles. The molecule has 0 fully saturated rings. The number of carbonyl (C=O) groups is 1. The number of Topliss-reactive ketones (excluding diaryl/α,β-unsaturated/α-hetero) is 1. The van der Waals surface area contributed by atoms with E-state index in [2.05, 4.69) is 13.8 Å². The Balaban J connectivity index is 2.53. The van der Waals surface area contributed by atoms with E-state index in [4.69, 9.17) is 4.74 Å². The van der Waals surface area contributed by atoms with Gasteiger partial charge in [-0.25, -0.2) is 0 Å². The molecule has 0 spiro atoms. The first kappa shape index (κ1) is 11.8. The third-order valence-corrected chi connectivity index (χ3v) is 2.49. The highest BCUT2D eigenvalue weighted by atomic mass is 16.5. The van der Waals surface area contributed by atoms with Gasteiger partial charge in [-0.05, 0) is 37.1 Å². The number of ketones is 1. The smallest absolute Gasteiger partial charge is 0.159 e. The minimum atomic E-state index is 0.0866. The maximum Gasteiger partial charge on any atom is 0.159 e. The molecule has 15 heavy (non-hydrogen) atoms. The monoisotopic (exact) mass is 206 g/mol. The second kappa shape index (κ2) is 5.54. The third-order valence-electron chi connectivity index (χ3n) is 2.49. The normalized spacial score (nSPS) is 12.2. The Bertz CT molecular complexity index is 314.